The summed E-state index contributed by atoms with van der Waals surface area (Å²) in [7, 11) is 1.34. The number of methoxy groups -OCH3 is 1. The minimum absolute atomic E-state index is 0.176. The van der Waals surface area contributed by atoms with E-state index in [9.17, 15) is 9.59 Å². The molecule has 0 saturated carbocycles. The summed E-state index contributed by atoms with van der Waals surface area (Å²) in [4.78, 5) is 24.7. The molecule has 0 aliphatic carbocycles. The summed E-state index contributed by atoms with van der Waals surface area (Å²) in [5.74, 6) is -0.520. The fraction of sp³-hybridized carbons (Fsp3) is 0.800. The van der Waals surface area contributed by atoms with Crippen molar-refractivity contribution in [3.8, 4) is 0 Å². The van der Waals surface area contributed by atoms with Gasteiger partial charge in [-0.2, -0.15) is 0 Å². The Morgan fingerprint density at radius 1 is 1.47 bits per heavy atom. The van der Waals surface area contributed by atoms with E-state index in [-0.39, 0.29) is 11.9 Å². The Hall–Kier alpha value is -1.10. The number of nitrogens with two attached hydrogens (primary N) is 1. The Kier molecular flexibility index (Phi) is 4.08. The second kappa shape index (κ2) is 5.11. The zero-order valence-corrected chi connectivity index (χ0v) is 9.23. The van der Waals surface area contributed by atoms with E-state index in [4.69, 9.17) is 5.73 Å². The van der Waals surface area contributed by atoms with E-state index in [0.717, 1.165) is 12.8 Å². The Balaban J connectivity index is 2.73. The monoisotopic (exact) mass is 214 g/mol. The predicted octanol–water partition coefficient (Wildman–Crippen LogP) is -0.112. The summed E-state index contributed by atoms with van der Waals surface area (Å²) < 4.78 is 4.68. The first kappa shape index (κ1) is 12.0. The molecule has 1 fully saturated rings. The number of carbonyl (C=O) groups is 2. The first-order chi connectivity index (χ1) is 7.07. The van der Waals surface area contributed by atoms with E-state index >= 15 is 0 Å². The molecule has 1 saturated heterocycles. The number of piperidine rings is 1. The van der Waals surface area contributed by atoms with Crippen molar-refractivity contribution in [2.24, 2.45) is 5.73 Å². The third kappa shape index (κ3) is 2.68. The Labute approximate surface area is 89.6 Å². The number of nitrogens with zero attached hydrogens (tertiary/aromatic N) is 1. The van der Waals surface area contributed by atoms with Crippen molar-refractivity contribution in [2.45, 2.75) is 38.3 Å². The van der Waals surface area contributed by atoms with Crippen LogP contribution in [0.2, 0.25) is 0 Å². The maximum atomic E-state index is 11.7. The Bertz CT molecular complexity index is 253. The molecule has 15 heavy (non-hydrogen) atoms. The van der Waals surface area contributed by atoms with E-state index in [1.165, 1.54) is 7.11 Å². The van der Waals surface area contributed by atoms with Gasteiger partial charge in [0.25, 0.3) is 0 Å². The largest absolute Gasteiger partial charge is 0.467 e. The summed E-state index contributed by atoms with van der Waals surface area (Å²) >= 11 is 0. The Morgan fingerprint density at radius 2 is 2.13 bits per heavy atom. The topological polar surface area (TPSA) is 72.6 Å². The second-order valence-corrected chi connectivity index (χ2v) is 3.86. The molecule has 86 valence electrons. The van der Waals surface area contributed by atoms with Gasteiger partial charge in [0, 0.05) is 6.54 Å². The zero-order chi connectivity index (χ0) is 11.4. The van der Waals surface area contributed by atoms with Crippen LogP contribution >= 0.6 is 0 Å². The highest BCUT2D eigenvalue weighted by atomic mass is 16.5. The summed E-state index contributed by atoms with van der Waals surface area (Å²) in [6, 6.07) is -1.00. The fourth-order valence-corrected chi connectivity index (χ4v) is 1.84. The van der Waals surface area contributed by atoms with Gasteiger partial charge in [-0.25, -0.2) is 4.79 Å². The lowest BCUT2D eigenvalue weighted by molar-refractivity contribution is -0.155. The molecule has 0 bridgehead atoms. The van der Waals surface area contributed by atoms with E-state index in [1.807, 2.05) is 0 Å². The zero-order valence-electron chi connectivity index (χ0n) is 9.23. The maximum Gasteiger partial charge on any atom is 0.328 e. The van der Waals surface area contributed by atoms with Crippen LogP contribution < -0.4 is 5.73 Å². The maximum absolute atomic E-state index is 11.7. The quantitative estimate of drug-likeness (QED) is 0.651. The highest BCUT2D eigenvalue weighted by Crippen LogP contribution is 2.18. The van der Waals surface area contributed by atoms with Gasteiger partial charge in [0.15, 0.2) is 0 Å². The van der Waals surface area contributed by atoms with Gasteiger partial charge in [-0.3, -0.25) is 4.79 Å². The molecular formula is C10H18N2O3. The Morgan fingerprint density at radius 3 is 2.67 bits per heavy atom. The van der Waals surface area contributed by atoms with Crippen LogP contribution in [0.3, 0.4) is 0 Å². The van der Waals surface area contributed by atoms with E-state index in [1.54, 1.807) is 11.8 Å². The first-order valence-corrected chi connectivity index (χ1v) is 5.21. The fourth-order valence-electron chi connectivity index (χ4n) is 1.84. The average Bonchev–Trinajstić information content (AvgIpc) is 2.27. The van der Waals surface area contributed by atoms with Crippen molar-refractivity contribution < 1.29 is 14.3 Å². The van der Waals surface area contributed by atoms with Gasteiger partial charge in [-0.1, -0.05) is 0 Å². The van der Waals surface area contributed by atoms with E-state index in [2.05, 4.69) is 4.74 Å². The van der Waals surface area contributed by atoms with E-state index < -0.39 is 12.1 Å². The normalized spacial score (nSPS) is 23.4. The number of rotatable bonds is 2. The number of likely N-dealkylation sites (tertiary alicyclic amines) is 1. The summed E-state index contributed by atoms with van der Waals surface area (Å²) in [6.45, 7) is 2.23. The number of hydrogen-bond donors (Lipinski definition) is 1. The molecule has 1 amide bonds. The van der Waals surface area contributed by atoms with Crippen molar-refractivity contribution in [3.63, 3.8) is 0 Å². The van der Waals surface area contributed by atoms with Gasteiger partial charge < -0.3 is 15.4 Å². The van der Waals surface area contributed by atoms with Gasteiger partial charge in [-0.05, 0) is 26.2 Å². The third-order valence-corrected chi connectivity index (χ3v) is 2.65. The van der Waals surface area contributed by atoms with Gasteiger partial charge in [0.1, 0.15) is 6.04 Å². The van der Waals surface area contributed by atoms with Crippen molar-refractivity contribution >= 4 is 11.9 Å². The number of esters is 1. The molecule has 1 unspecified atom stereocenters. The molecule has 0 aromatic carbocycles. The van der Waals surface area contributed by atoms with Crippen LogP contribution in [0.4, 0.5) is 0 Å². The minimum Gasteiger partial charge on any atom is -0.467 e. The van der Waals surface area contributed by atoms with Crippen LogP contribution in [0.15, 0.2) is 0 Å². The van der Waals surface area contributed by atoms with E-state index in [0.29, 0.717) is 13.0 Å². The molecule has 0 aromatic heterocycles. The second-order valence-electron chi connectivity index (χ2n) is 3.86. The van der Waals surface area contributed by atoms with Crippen LogP contribution in [0, 0.1) is 0 Å². The van der Waals surface area contributed by atoms with Crippen LogP contribution in [0.25, 0.3) is 0 Å². The lowest BCUT2D eigenvalue weighted by atomic mass is 10.0. The SMILES string of the molecule is COC(=O)C1CCCCN1C(=O)[C@@H](C)N. The van der Waals surface area contributed by atoms with Gasteiger partial charge in [-0.15, -0.1) is 0 Å². The summed E-state index contributed by atoms with van der Waals surface area (Å²) in [5, 5.41) is 0. The van der Waals surface area contributed by atoms with Crippen LogP contribution in [0.5, 0.6) is 0 Å². The molecule has 2 atom stereocenters. The summed E-state index contributed by atoms with van der Waals surface area (Å²) in [5.41, 5.74) is 5.53. The molecule has 2 N–H and O–H groups in total. The molecule has 5 nitrogen and oxygen atoms in total. The molecular weight excluding hydrogens is 196 g/mol. The minimum atomic E-state index is -0.560. The van der Waals surface area contributed by atoms with Crippen molar-refractivity contribution in [1.29, 1.82) is 0 Å². The summed E-state index contributed by atoms with van der Waals surface area (Å²) in [6.07, 6.45) is 2.54. The number of hydrogen-bond acceptors (Lipinski definition) is 4. The van der Waals surface area contributed by atoms with Gasteiger partial charge in [0.05, 0.1) is 13.2 Å². The molecule has 1 aliphatic heterocycles. The van der Waals surface area contributed by atoms with Crippen LogP contribution in [0.1, 0.15) is 26.2 Å². The van der Waals surface area contributed by atoms with Crippen molar-refractivity contribution in [3.05, 3.63) is 0 Å². The number of carbonyl (C=O) groups excluding carboxylic acids is 2. The smallest absolute Gasteiger partial charge is 0.328 e. The van der Waals surface area contributed by atoms with Crippen LogP contribution in [-0.4, -0.2) is 42.5 Å². The highest BCUT2D eigenvalue weighted by Gasteiger charge is 2.33. The number of ether oxygens (including phenoxy) is 1. The molecule has 1 heterocycles. The third-order valence-electron chi connectivity index (χ3n) is 2.65. The molecule has 1 aliphatic rings. The lowest BCUT2D eigenvalue weighted by Gasteiger charge is -2.34. The van der Waals surface area contributed by atoms with Crippen LogP contribution in [-0.2, 0) is 14.3 Å². The molecule has 0 radical (unpaired) electrons. The van der Waals surface area contributed by atoms with Gasteiger partial charge >= 0.3 is 5.97 Å². The molecule has 0 aromatic rings. The molecule has 5 heteroatoms. The number of amides is 1. The average molecular weight is 214 g/mol. The molecule has 1 rings (SSSR count). The predicted molar refractivity (Wildman–Crippen MR) is 55.0 cm³/mol. The van der Waals surface area contributed by atoms with Crippen molar-refractivity contribution in [2.75, 3.05) is 13.7 Å². The highest BCUT2D eigenvalue weighted by molar-refractivity contribution is 5.87. The van der Waals surface area contributed by atoms with Crippen molar-refractivity contribution in [1.82, 2.24) is 4.90 Å². The van der Waals surface area contributed by atoms with Gasteiger partial charge in [0.2, 0.25) is 5.91 Å². The standard InChI is InChI=1S/C10H18N2O3/c1-7(11)9(13)12-6-4-3-5-8(12)10(14)15-2/h7-8H,3-6,11H2,1-2H3/t7-,8?/m1/s1. The molecule has 0 spiro atoms. The first-order valence-electron chi connectivity index (χ1n) is 5.21. The lowest BCUT2D eigenvalue weighted by Crippen LogP contribution is -2.53.